The van der Waals surface area contributed by atoms with Crippen molar-refractivity contribution in [2.24, 2.45) is 0 Å². The molecule has 0 aliphatic carbocycles. The summed E-state index contributed by atoms with van der Waals surface area (Å²) in [6, 6.07) is 8.31. The van der Waals surface area contributed by atoms with Gasteiger partial charge in [-0.1, -0.05) is 6.07 Å². The van der Waals surface area contributed by atoms with Crippen LogP contribution in [0.5, 0.6) is 17.2 Å². The van der Waals surface area contributed by atoms with Gasteiger partial charge in [-0.3, -0.25) is 14.9 Å². The van der Waals surface area contributed by atoms with E-state index >= 15 is 0 Å². The van der Waals surface area contributed by atoms with Crippen molar-refractivity contribution in [2.45, 2.75) is 13.0 Å². The number of nitrogens with one attached hydrogen (secondary N) is 1. The van der Waals surface area contributed by atoms with Crippen molar-refractivity contribution in [3.05, 3.63) is 52.1 Å². The molecule has 1 N–H and O–H groups in total. The predicted octanol–water partition coefficient (Wildman–Crippen LogP) is 2.56. The first-order valence-corrected chi connectivity index (χ1v) is 8.63. The molecule has 2 aromatic rings. The van der Waals surface area contributed by atoms with Crippen molar-refractivity contribution in [3.63, 3.8) is 0 Å². The van der Waals surface area contributed by atoms with Crippen molar-refractivity contribution >= 4 is 23.3 Å². The summed E-state index contributed by atoms with van der Waals surface area (Å²) < 4.78 is 21.4. The van der Waals surface area contributed by atoms with Crippen LogP contribution in [0.25, 0.3) is 0 Å². The average Bonchev–Trinajstić information content (AvgIpc) is 2.72. The number of rotatable bonds is 6. The Balaban J connectivity index is 1.69. The molecule has 1 atom stereocenters. The Labute approximate surface area is 165 Å². The second-order valence-electron chi connectivity index (χ2n) is 6.05. The number of amides is 1. The summed E-state index contributed by atoms with van der Waals surface area (Å²) in [6.45, 7) is 2.08. The summed E-state index contributed by atoms with van der Waals surface area (Å²) in [7, 11) is 1.43. The van der Waals surface area contributed by atoms with Gasteiger partial charge in [0.15, 0.2) is 17.6 Å². The van der Waals surface area contributed by atoms with Crippen LogP contribution in [0, 0.1) is 10.1 Å². The van der Waals surface area contributed by atoms with Gasteiger partial charge in [0, 0.05) is 17.8 Å². The minimum atomic E-state index is -1.15. The van der Waals surface area contributed by atoms with Crippen LogP contribution >= 0.6 is 0 Å². The molecule has 10 heteroatoms. The number of nitro benzene ring substituents is 1. The minimum Gasteiger partial charge on any atom is -0.493 e. The van der Waals surface area contributed by atoms with Crippen LogP contribution in [-0.4, -0.2) is 43.2 Å². The second kappa shape index (κ2) is 8.46. The fourth-order valence-corrected chi connectivity index (χ4v) is 2.61. The highest BCUT2D eigenvalue weighted by Crippen LogP contribution is 2.40. The van der Waals surface area contributed by atoms with Crippen molar-refractivity contribution in [1.29, 1.82) is 0 Å². The molecule has 0 aromatic heterocycles. The second-order valence-corrected chi connectivity index (χ2v) is 6.05. The Morgan fingerprint density at radius 3 is 2.69 bits per heavy atom. The fourth-order valence-electron chi connectivity index (χ4n) is 2.61. The number of nitro groups is 1. The molecule has 0 saturated heterocycles. The number of hydrogen-bond donors (Lipinski definition) is 1. The Hall–Kier alpha value is -3.82. The molecule has 29 heavy (non-hydrogen) atoms. The third kappa shape index (κ3) is 4.54. The molecule has 3 rings (SSSR count). The molecule has 1 heterocycles. The zero-order valence-corrected chi connectivity index (χ0v) is 15.7. The number of carbonyl (C=O) groups excluding carboxylic acids is 2. The van der Waals surface area contributed by atoms with E-state index < -0.39 is 22.9 Å². The first-order chi connectivity index (χ1) is 13.9. The summed E-state index contributed by atoms with van der Waals surface area (Å²) in [5.41, 5.74) is 0.171. The first kappa shape index (κ1) is 19.9. The van der Waals surface area contributed by atoms with Gasteiger partial charge in [-0.15, -0.1) is 0 Å². The SMILES string of the molecule is COc1cc(C(=O)OC(C)C(=O)Nc2cccc([N+](=O)[O-])c2)cc2c1OCCO2. The van der Waals surface area contributed by atoms with Gasteiger partial charge in [0.1, 0.15) is 13.2 Å². The van der Waals surface area contributed by atoms with E-state index in [2.05, 4.69) is 5.32 Å². The predicted molar refractivity (Wildman–Crippen MR) is 101 cm³/mol. The van der Waals surface area contributed by atoms with Gasteiger partial charge in [0.05, 0.1) is 17.6 Å². The van der Waals surface area contributed by atoms with Crippen LogP contribution in [0.4, 0.5) is 11.4 Å². The third-order valence-corrected chi connectivity index (χ3v) is 4.04. The van der Waals surface area contributed by atoms with Gasteiger partial charge in [0.2, 0.25) is 5.75 Å². The van der Waals surface area contributed by atoms with E-state index in [1.807, 2.05) is 0 Å². The number of benzene rings is 2. The lowest BCUT2D eigenvalue weighted by Gasteiger charge is -2.21. The zero-order valence-electron chi connectivity index (χ0n) is 15.7. The summed E-state index contributed by atoms with van der Waals surface area (Å²) in [5.74, 6) is -0.351. The Morgan fingerprint density at radius 1 is 1.21 bits per heavy atom. The summed E-state index contributed by atoms with van der Waals surface area (Å²) in [5, 5.41) is 13.3. The van der Waals surface area contributed by atoms with Crippen LogP contribution in [0.1, 0.15) is 17.3 Å². The van der Waals surface area contributed by atoms with E-state index in [-0.39, 0.29) is 16.9 Å². The molecule has 10 nitrogen and oxygen atoms in total. The van der Waals surface area contributed by atoms with E-state index in [4.69, 9.17) is 18.9 Å². The van der Waals surface area contributed by atoms with E-state index in [9.17, 15) is 19.7 Å². The number of ether oxygens (including phenoxy) is 4. The number of fused-ring (bicyclic) bond motifs is 1. The van der Waals surface area contributed by atoms with Crippen LogP contribution in [-0.2, 0) is 9.53 Å². The summed E-state index contributed by atoms with van der Waals surface area (Å²) >= 11 is 0. The number of non-ortho nitro benzene ring substituents is 1. The van der Waals surface area contributed by atoms with Gasteiger partial charge in [-0.05, 0) is 25.1 Å². The maximum atomic E-state index is 12.5. The zero-order chi connectivity index (χ0) is 21.0. The normalized spacial score (nSPS) is 13.2. The Kier molecular flexibility index (Phi) is 5.82. The number of nitrogens with zero attached hydrogens (tertiary/aromatic N) is 1. The third-order valence-electron chi connectivity index (χ3n) is 4.04. The number of methoxy groups -OCH3 is 1. The lowest BCUT2D eigenvalue weighted by molar-refractivity contribution is -0.384. The highest BCUT2D eigenvalue weighted by molar-refractivity contribution is 5.98. The van der Waals surface area contributed by atoms with Crippen LogP contribution in [0.2, 0.25) is 0 Å². The molecule has 2 aromatic carbocycles. The number of carbonyl (C=O) groups is 2. The van der Waals surface area contributed by atoms with Crippen LogP contribution < -0.4 is 19.5 Å². The van der Waals surface area contributed by atoms with E-state index in [1.54, 1.807) is 0 Å². The Morgan fingerprint density at radius 2 is 1.97 bits per heavy atom. The van der Waals surface area contributed by atoms with Crippen LogP contribution in [0.3, 0.4) is 0 Å². The number of hydrogen-bond acceptors (Lipinski definition) is 8. The van der Waals surface area contributed by atoms with Crippen molar-refractivity contribution in [1.82, 2.24) is 0 Å². The van der Waals surface area contributed by atoms with Gasteiger partial charge in [0.25, 0.3) is 11.6 Å². The highest BCUT2D eigenvalue weighted by atomic mass is 16.6. The van der Waals surface area contributed by atoms with Gasteiger partial charge < -0.3 is 24.3 Å². The van der Waals surface area contributed by atoms with E-state index in [0.29, 0.717) is 30.5 Å². The van der Waals surface area contributed by atoms with Gasteiger partial charge in [-0.2, -0.15) is 0 Å². The molecule has 0 radical (unpaired) electrons. The summed E-state index contributed by atoms with van der Waals surface area (Å²) in [4.78, 5) is 35.0. The van der Waals surface area contributed by atoms with Crippen molar-refractivity contribution in [3.8, 4) is 17.2 Å². The summed E-state index contributed by atoms with van der Waals surface area (Å²) in [6.07, 6.45) is -1.15. The smallest absolute Gasteiger partial charge is 0.339 e. The highest BCUT2D eigenvalue weighted by Gasteiger charge is 2.24. The quantitative estimate of drug-likeness (QED) is 0.444. The number of esters is 1. The molecule has 0 fully saturated rings. The molecule has 0 saturated carbocycles. The molecule has 0 spiro atoms. The standard InChI is InChI=1S/C19H18N2O8/c1-11(18(22)20-13-4-3-5-14(10-13)21(24)25)29-19(23)12-8-15(26-2)17-16(9-12)27-6-7-28-17/h3-5,8-11H,6-7H2,1-2H3,(H,20,22). The molecule has 152 valence electrons. The molecule has 1 aliphatic heterocycles. The fraction of sp³-hybridized carbons (Fsp3) is 0.263. The molecule has 1 aliphatic rings. The lowest BCUT2D eigenvalue weighted by Crippen LogP contribution is -2.30. The monoisotopic (exact) mass is 402 g/mol. The van der Waals surface area contributed by atoms with Crippen molar-refractivity contribution in [2.75, 3.05) is 25.6 Å². The van der Waals surface area contributed by atoms with Gasteiger partial charge >= 0.3 is 5.97 Å². The maximum absolute atomic E-state index is 12.5. The molecular weight excluding hydrogens is 384 g/mol. The first-order valence-electron chi connectivity index (χ1n) is 8.63. The number of anilines is 1. The molecule has 1 amide bonds. The van der Waals surface area contributed by atoms with E-state index in [0.717, 1.165) is 0 Å². The molecule has 1 unspecified atom stereocenters. The van der Waals surface area contributed by atoms with Crippen molar-refractivity contribution < 1.29 is 33.5 Å². The molecular formula is C19H18N2O8. The lowest BCUT2D eigenvalue weighted by atomic mass is 10.1. The Bertz CT molecular complexity index is 942. The maximum Gasteiger partial charge on any atom is 0.339 e. The van der Waals surface area contributed by atoms with E-state index in [1.165, 1.54) is 50.4 Å². The van der Waals surface area contributed by atoms with Crippen LogP contribution in [0.15, 0.2) is 36.4 Å². The average molecular weight is 402 g/mol. The molecule has 0 bridgehead atoms. The largest absolute Gasteiger partial charge is 0.493 e. The minimum absolute atomic E-state index is 0.126. The van der Waals surface area contributed by atoms with Gasteiger partial charge in [-0.25, -0.2) is 4.79 Å². The topological polar surface area (TPSA) is 126 Å².